The van der Waals surface area contributed by atoms with Gasteiger partial charge in [0.1, 0.15) is 0 Å². The molecule has 0 aromatic rings. The van der Waals surface area contributed by atoms with Gasteiger partial charge in [0.15, 0.2) is 22.2 Å². The SMILES string of the molecule is O=S(O)CCCCSSSCCCCS(=O)O.[Na+]. The minimum absolute atomic E-state index is 0. The first-order chi connectivity index (χ1) is 8.13. The molecule has 0 spiro atoms. The van der Waals surface area contributed by atoms with Gasteiger partial charge in [0.2, 0.25) is 0 Å². The van der Waals surface area contributed by atoms with Crippen LogP contribution in [-0.4, -0.2) is 40.5 Å². The molecule has 2 N–H and O–H groups in total. The van der Waals surface area contributed by atoms with E-state index in [1.165, 1.54) is 0 Å². The van der Waals surface area contributed by atoms with Crippen molar-refractivity contribution in [3.8, 4) is 0 Å². The van der Waals surface area contributed by atoms with Crippen LogP contribution in [-0.2, 0) is 22.2 Å². The molecule has 0 fully saturated rings. The van der Waals surface area contributed by atoms with Crippen LogP contribution in [0.15, 0.2) is 0 Å². The summed E-state index contributed by atoms with van der Waals surface area (Å²) in [7, 11) is 5.25. The number of hydrogen-bond acceptors (Lipinski definition) is 5. The van der Waals surface area contributed by atoms with Crippen LogP contribution in [0.4, 0.5) is 0 Å². The maximum atomic E-state index is 10.3. The quantitative estimate of drug-likeness (QED) is 0.220. The first-order valence-electron chi connectivity index (χ1n) is 5.19. The molecule has 2 unspecified atom stereocenters. The van der Waals surface area contributed by atoms with Gasteiger partial charge in [-0.15, -0.1) is 0 Å². The Morgan fingerprint density at radius 1 is 0.778 bits per heavy atom. The van der Waals surface area contributed by atoms with Crippen LogP contribution in [0.1, 0.15) is 25.7 Å². The Morgan fingerprint density at radius 3 is 1.50 bits per heavy atom. The van der Waals surface area contributed by atoms with Gasteiger partial charge in [-0.3, -0.25) is 0 Å². The fraction of sp³-hybridized carbons (Fsp3) is 1.00. The summed E-state index contributed by atoms with van der Waals surface area (Å²) < 4.78 is 37.7. The minimum atomic E-state index is -1.65. The average Bonchev–Trinajstić information content (AvgIpc) is 2.25. The van der Waals surface area contributed by atoms with Crippen LogP contribution in [0.2, 0.25) is 0 Å². The van der Waals surface area contributed by atoms with E-state index in [9.17, 15) is 8.42 Å². The standard InChI is InChI=1S/C8H18O4S5.Na/c9-16(10)7-3-1-5-13-15-14-6-2-4-8-17(11)12;/h1-8H2,(H,9,10)(H,11,12);/q;+1. The third-order valence-corrected chi connectivity index (χ3v) is 7.38. The zero-order valence-electron chi connectivity index (χ0n) is 10.4. The summed E-state index contributed by atoms with van der Waals surface area (Å²) >= 11 is -3.30. The van der Waals surface area contributed by atoms with Crippen molar-refractivity contribution in [2.24, 2.45) is 0 Å². The Balaban J connectivity index is 0. The summed E-state index contributed by atoms with van der Waals surface area (Å²) in [6, 6.07) is 0. The van der Waals surface area contributed by atoms with Gasteiger partial charge in [0, 0.05) is 23.0 Å². The van der Waals surface area contributed by atoms with Crippen molar-refractivity contribution >= 4 is 53.6 Å². The Kier molecular flexibility index (Phi) is 21.7. The van der Waals surface area contributed by atoms with E-state index in [0.717, 1.165) is 37.2 Å². The van der Waals surface area contributed by atoms with E-state index in [-0.39, 0.29) is 29.6 Å². The predicted octanol–water partition coefficient (Wildman–Crippen LogP) is 0.0238. The maximum Gasteiger partial charge on any atom is 1.00 e. The fourth-order valence-corrected chi connectivity index (χ4v) is 5.78. The van der Waals surface area contributed by atoms with Gasteiger partial charge < -0.3 is 9.11 Å². The third-order valence-electron chi connectivity index (χ3n) is 1.69. The zero-order valence-corrected chi connectivity index (χ0v) is 16.5. The Hall–Kier alpha value is 2.27. The first kappa shape index (κ1) is 22.5. The molecular formula is C8H18NaO4S5+. The molecule has 104 valence electrons. The molecule has 0 aromatic carbocycles. The van der Waals surface area contributed by atoms with Gasteiger partial charge in [-0.05, 0) is 35.5 Å². The number of rotatable bonds is 12. The van der Waals surface area contributed by atoms with E-state index in [2.05, 4.69) is 0 Å². The van der Waals surface area contributed by atoms with Crippen molar-refractivity contribution in [3.63, 3.8) is 0 Å². The van der Waals surface area contributed by atoms with E-state index >= 15 is 0 Å². The van der Waals surface area contributed by atoms with E-state index in [4.69, 9.17) is 9.11 Å². The second kappa shape index (κ2) is 17.3. The van der Waals surface area contributed by atoms with E-state index in [0.29, 0.717) is 11.5 Å². The van der Waals surface area contributed by atoms with Crippen LogP contribution in [0, 0.1) is 0 Å². The monoisotopic (exact) mass is 361 g/mol. The van der Waals surface area contributed by atoms with Crippen molar-refractivity contribution in [2.75, 3.05) is 23.0 Å². The smallest absolute Gasteiger partial charge is 0.306 e. The summed E-state index contributed by atoms with van der Waals surface area (Å²) in [6.07, 6.45) is 3.52. The van der Waals surface area contributed by atoms with Gasteiger partial charge in [-0.25, -0.2) is 8.42 Å². The summed E-state index contributed by atoms with van der Waals surface area (Å²) in [4.78, 5) is 0. The van der Waals surface area contributed by atoms with Crippen LogP contribution in [0.3, 0.4) is 0 Å². The van der Waals surface area contributed by atoms with E-state index < -0.39 is 22.2 Å². The van der Waals surface area contributed by atoms with Crippen LogP contribution < -0.4 is 29.6 Å². The molecule has 0 rings (SSSR count). The number of hydrogen-bond donors (Lipinski definition) is 2. The minimum Gasteiger partial charge on any atom is -0.306 e. The van der Waals surface area contributed by atoms with Crippen LogP contribution in [0.5, 0.6) is 0 Å². The number of unbranched alkanes of at least 4 members (excludes halogenated alkanes) is 2. The maximum absolute atomic E-state index is 10.3. The van der Waals surface area contributed by atoms with Crippen molar-refractivity contribution in [1.82, 2.24) is 0 Å². The van der Waals surface area contributed by atoms with Crippen LogP contribution >= 0.6 is 31.4 Å². The first-order valence-corrected chi connectivity index (χ1v) is 11.6. The molecule has 0 saturated heterocycles. The molecule has 0 radical (unpaired) electrons. The van der Waals surface area contributed by atoms with Gasteiger partial charge in [-0.2, -0.15) is 0 Å². The molecule has 0 bridgehead atoms. The van der Waals surface area contributed by atoms with Gasteiger partial charge in [0.05, 0.1) is 0 Å². The van der Waals surface area contributed by atoms with Crippen LogP contribution in [0.25, 0.3) is 0 Å². The Bertz CT molecular complexity index is 210. The predicted molar refractivity (Wildman–Crippen MR) is 82.3 cm³/mol. The van der Waals surface area contributed by atoms with Crippen molar-refractivity contribution in [3.05, 3.63) is 0 Å². The summed E-state index contributed by atoms with van der Waals surface area (Å²) in [5, 5.41) is 0. The zero-order chi connectivity index (χ0) is 12.9. The van der Waals surface area contributed by atoms with Gasteiger partial charge >= 0.3 is 29.6 Å². The normalized spacial score (nSPS) is 13.9. The van der Waals surface area contributed by atoms with Gasteiger partial charge in [0.25, 0.3) is 0 Å². The van der Waals surface area contributed by atoms with Crippen molar-refractivity contribution in [1.29, 1.82) is 0 Å². The molecule has 0 amide bonds. The van der Waals surface area contributed by atoms with Crippen molar-refractivity contribution in [2.45, 2.75) is 25.7 Å². The molecule has 18 heavy (non-hydrogen) atoms. The van der Waals surface area contributed by atoms with Crippen molar-refractivity contribution < 1.29 is 47.1 Å². The molecule has 0 aliphatic heterocycles. The topological polar surface area (TPSA) is 74.6 Å². The van der Waals surface area contributed by atoms with E-state index in [1.807, 2.05) is 0 Å². The molecular weight excluding hydrogens is 343 g/mol. The molecule has 0 aliphatic rings. The molecule has 0 aromatic heterocycles. The largest absolute Gasteiger partial charge is 1.00 e. The summed E-state index contributed by atoms with van der Waals surface area (Å²) in [5.41, 5.74) is 0. The van der Waals surface area contributed by atoms with E-state index in [1.54, 1.807) is 31.4 Å². The molecule has 0 heterocycles. The molecule has 0 aliphatic carbocycles. The average molecular weight is 362 g/mol. The molecule has 10 heteroatoms. The second-order valence-corrected chi connectivity index (χ2v) is 9.75. The Morgan fingerprint density at radius 2 is 1.17 bits per heavy atom. The van der Waals surface area contributed by atoms with Gasteiger partial charge in [-0.1, -0.05) is 21.6 Å². The fourth-order valence-electron chi connectivity index (χ4n) is 0.875. The Labute approximate surface area is 148 Å². The second-order valence-electron chi connectivity index (χ2n) is 3.18. The third kappa shape index (κ3) is 20.6. The molecule has 4 nitrogen and oxygen atoms in total. The molecule has 2 atom stereocenters. The summed E-state index contributed by atoms with van der Waals surface area (Å²) in [6.45, 7) is 0. The summed E-state index contributed by atoms with van der Waals surface area (Å²) in [5.74, 6) is 2.73. The molecule has 0 saturated carbocycles.